The second-order valence-electron chi connectivity index (χ2n) is 4.73. The molecule has 0 heterocycles. The van der Waals surface area contributed by atoms with Crippen molar-refractivity contribution in [3.05, 3.63) is 29.8 Å². The zero-order valence-corrected chi connectivity index (χ0v) is 13.7. The van der Waals surface area contributed by atoms with Gasteiger partial charge in [0.05, 0.1) is 16.9 Å². The van der Waals surface area contributed by atoms with Crippen LogP contribution in [0.4, 0.5) is 0 Å². The summed E-state index contributed by atoms with van der Waals surface area (Å²) in [6.45, 7) is 2.63. The smallest absolute Gasteiger partial charge is 0.242 e. The van der Waals surface area contributed by atoms with Crippen LogP contribution in [-0.4, -0.2) is 45.4 Å². The SMILES string of the molecule is CCCc1ccc(S(=O)(=O)N(C)CC(Cl)COC)cc1. The Morgan fingerprint density at radius 1 is 1.30 bits per heavy atom. The molecule has 0 amide bonds. The highest BCUT2D eigenvalue weighted by molar-refractivity contribution is 7.89. The lowest BCUT2D eigenvalue weighted by molar-refractivity contribution is 0.192. The van der Waals surface area contributed by atoms with E-state index in [0.29, 0.717) is 11.5 Å². The number of halogens is 1. The number of hydrogen-bond acceptors (Lipinski definition) is 3. The van der Waals surface area contributed by atoms with Gasteiger partial charge in [-0.05, 0) is 24.1 Å². The van der Waals surface area contributed by atoms with Crippen LogP contribution in [0, 0.1) is 0 Å². The minimum atomic E-state index is -3.49. The molecule has 0 spiro atoms. The normalized spacial score (nSPS) is 13.7. The number of aryl methyl sites for hydroxylation is 1. The molecule has 0 N–H and O–H groups in total. The molecule has 20 heavy (non-hydrogen) atoms. The van der Waals surface area contributed by atoms with Gasteiger partial charge in [-0.25, -0.2) is 8.42 Å². The van der Waals surface area contributed by atoms with Gasteiger partial charge in [-0.3, -0.25) is 0 Å². The Labute approximate surface area is 126 Å². The van der Waals surface area contributed by atoms with Gasteiger partial charge in [0.1, 0.15) is 0 Å². The van der Waals surface area contributed by atoms with Gasteiger partial charge in [0.25, 0.3) is 0 Å². The Kier molecular flexibility index (Phi) is 6.95. The number of benzene rings is 1. The van der Waals surface area contributed by atoms with Gasteiger partial charge in [0.2, 0.25) is 10.0 Å². The first-order valence-electron chi connectivity index (χ1n) is 6.60. The summed E-state index contributed by atoms with van der Waals surface area (Å²) in [5, 5.41) is -0.362. The lowest BCUT2D eigenvalue weighted by Crippen LogP contribution is -2.34. The zero-order valence-electron chi connectivity index (χ0n) is 12.2. The van der Waals surface area contributed by atoms with Gasteiger partial charge in [0.15, 0.2) is 0 Å². The predicted octanol–water partition coefficient (Wildman–Crippen LogP) is 2.51. The average molecular weight is 320 g/mol. The van der Waals surface area contributed by atoms with Gasteiger partial charge in [-0.2, -0.15) is 4.31 Å². The summed E-state index contributed by atoms with van der Waals surface area (Å²) < 4.78 is 30.9. The number of hydrogen-bond donors (Lipinski definition) is 0. The first-order chi connectivity index (χ1) is 9.41. The minimum absolute atomic E-state index is 0.217. The molecule has 0 bridgehead atoms. The first-order valence-corrected chi connectivity index (χ1v) is 8.47. The molecular formula is C14H22ClNO3S. The summed E-state index contributed by atoms with van der Waals surface area (Å²) in [5.41, 5.74) is 1.14. The van der Waals surface area contributed by atoms with Crippen LogP contribution in [0.3, 0.4) is 0 Å². The topological polar surface area (TPSA) is 46.6 Å². The van der Waals surface area contributed by atoms with Crippen LogP contribution < -0.4 is 0 Å². The second kappa shape index (κ2) is 7.98. The quantitative estimate of drug-likeness (QED) is 0.692. The van der Waals surface area contributed by atoms with Crippen LogP contribution in [0.1, 0.15) is 18.9 Å². The Hall–Kier alpha value is -0.620. The number of rotatable bonds is 8. The van der Waals surface area contributed by atoms with Gasteiger partial charge in [-0.1, -0.05) is 25.5 Å². The molecule has 6 heteroatoms. The van der Waals surface area contributed by atoms with Gasteiger partial charge in [-0.15, -0.1) is 11.6 Å². The van der Waals surface area contributed by atoms with Gasteiger partial charge in [0, 0.05) is 20.7 Å². The highest BCUT2D eigenvalue weighted by Crippen LogP contribution is 2.17. The molecule has 0 aromatic heterocycles. The van der Waals surface area contributed by atoms with E-state index in [2.05, 4.69) is 6.92 Å². The number of alkyl halides is 1. The van der Waals surface area contributed by atoms with Crippen molar-refractivity contribution >= 4 is 21.6 Å². The van der Waals surface area contributed by atoms with Crippen molar-refractivity contribution in [3.8, 4) is 0 Å². The third kappa shape index (κ3) is 4.74. The highest BCUT2D eigenvalue weighted by atomic mass is 35.5. The molecule has 0 aliphatic rings. The first kappa shape index (κ1) is 17.4. The maximum absolute atomic E-state index is 12.4. The lowest BCUT2D eigenvalue weighted by atomic mass is 10.1. The molecule has 0 aliphatic carbocycles. The fraction of sp³-hybridized carbons (Fsp3) is 0.571. The minimum Gasteiger partial charge on any atom is -0.383 e. The third-order valence-corrected chi connectivity index (χ3v) is 5.07. The molecule has 0 saturated heterocycles. The number of nitrogens with zero attached hydrogens (tertiary/aromatic N) is 1. The summed E-state index contributed by atoms with van der Waals surface area (Å²) in [5.74, 6) is 0. The van der Waals surface area contributed by atoms with Crippen molar-refractivity contribution in [2.24, 2.45) is 0 Å². The van der Waals surface area contributed by atoms with Crippen LogP contribution in [-0.2, 0) is 21.2 Å². The fourth-order valence-electron chi connectivity index (χ4n) is 1.91. The summed E-state index contributed by atoms with van der Waals surface area (Å²) >= 11 is 6.00. The van der Waals surface area contributed by atoms with E-state index in [1.807, 2.05) is 12.1 Å². The molecule has 1 aromatic carbocycles. The van der Waals surface area contributed by atoms with E-state index in [1.165, 1.54) is 18.5 Å². The summed E-state index contributed by atoms with van der Waals surface area (Å²) in [7, 11) is -0.425. The van der Waals surface area contributed by atoms with Crippen molar-refractivity contribution in [1.29, 1.82) is 0 Å². The van der Waals surface area contributed by atoms with E-state index >= 15 is 0 Å². The fourth-order valence-corrected chi connectivity index (χ4v) is 3.54. The van der Waals surface area contributed by atoms with Crippen molar-refractivity contribution in [2.75, 3.05) is 27.3 Å². The molecule has 0 aliphatic heterocycles. The van der Waals surface area contributed by atoms with Crippen LogP contribution in [0.5, 0.6) is 0 Å². The van der Waals surface area contributed by atoms with Crippen molar-refractivity contribution in [1.82, 2.24) is 4.31 Å². The highest BCUT2D eigenvalue weighted by Gasteiger charge is 2.22. The molecule has 1 aromatic rings. The number of sulfonamides is 1. The van der Waals surface area contributed by atoms with E-state index in [-0.39, 0.29) is 11.9 Å². The summed E-state index contributed by atoms with van der Waals surface area (Å²) in [6, 6.07) is 7.02. The Bertz CT molecular complexity index is 502. The zero-order chi connectivity index (χ0) is 15.2. The van der Waals surface area contributed by atoms with Crippen LogP contribution >= 0.6 is 11.6 Å². The average Bonchev–Trinajstić information content (AvgIpc) is 2.40. The molecule has 1 rings (SSSR count). The number of methoxy groups -OCH3 is 1. The maximum atomic E-state index is 12.4. The second-order valence-corrected chi connectivity index (χ2v) is 7.39. The van der Waals surface area contributed by atoms with Crippen molar-refractivity contribution in [3.63, 3.8) is 0 Å². The third-order valence-electron chi connectivity index (χ3n) is 2.97. The van der Waals surface area contributed by atoms with Crippen LogP contribution in [0.2, 0.25) is 0 Å². The Morgan fingerprint density at radius 2 is 1.90 bits per heavy atom. The standard InChI is InChI=1S/C14H22ClNO3S/c1-4-5-12-6-8-14(9-7-12)20(17,18)16(2)10-13(15)11-19-3/h6-9,13H,4-5,10-11H2,1-3H3. The molecule has 1 atom stereocenters. The molecule has 4 nitrogen and oxygen atoms in total. The van der Waals surface area contributed by atoms with E-state index in [0.717, 1.165) is 18.4 Å². The van der Waals surface area contributed by atoms with Gasteiger partial charge < -0.3 is 4.74 Å². The van der Waals surface area contributed by atoms with E-state index in [1.54, 1.807) is 12.1 Å². The molecular weight excluding hydrogens is 298 g/mol. The van der Waals surface area contributed by atoms with Crippen LogP contribution in [0.25, 0.3) is 0 Å². The van der Waals surface area contributed by atoms with Crippen LogP contribution in [0.15, 0.2) is 29.2 Å². The van der Waals surface area contributed by atoms with E-state index < -0.39 is 10.0 Å². The van der Waals surface area contributed by atoms with E-state index in [4.69, 9.17) is 16.3 Å². The predicted molar refractivity (Wildman–Crippen MR) is 81.8 cm³/mol. The monoisotopic (exact) mass is 319 g/mol. The molecule has 0 radical (unpaired) electrons. The summed E-state index contributed by atoms with van der Waals surface area (Å²) in [4.78, 5) is 0.293. The van der Waals surface area contributed by atoms with E-state index in [9.17, 15) is 8.42 Å². The van der Waals surface area contributed by atoms with Gasteiger partial charge >= 0.3 is 0 Å². The lowest BCUT2D eigenvalue weighted by Gasteiger charge is -2.20. The molecule has 114 valence electrons. The largest absolute Gasteiger partial charge is 0.383 e. The maximum Gasteiger partial charge on any atom is 0.242 e. The molecule has 0 fully saturated rings. The van der Waals surface area contributed by atoms with Crippen molar-refractivity contribution in [2.45, 2.75) is 30.0 Å². The Balaban J connectivity index is 2.81. The molecule has 1 unspecified atom stereocenters. The van der Waals surface area contributed by atoms with Crippen molar-refractivity contribution < 1.29 is 13.2 Å². The molecule has 0 saturated carbocycles. The number of ether oxygens (including phenoxy) is 1. The Morgan fingerprint density at radius 3 is 2.40 bits per heavy atom. The summed E-state index contributed by atoms with van der Waals surface area (Å²) in [6.07, 6.45) is 1.99.